The van der Waals surface area contributed by atoms with E-state index in [0.717, 1.165) is 95.6 Å². The maximum absolute atomic E-state index is 14.7. The van der Waals surface area contributed by atoms with Gasteiger partial charge in [0.25, 0.3) is 0 Å². The zero-order valence-electron chi connectivity index (χ0n) is 22.0. The number of pyridine rings is 1. The lowest BCUT2D eigenvalue weighted by Crippen LogP contribution is -2.27. The van der Waals surface area contributed by atoms with E-state index in [1.165, 1.54) is 18.9 Å². The Bertz CT molecular complexity index is 1610. The molecule has 0 saturated carbocycles. The van der Waals surface area contributed by atoms with Crippen molar-refractivity contribution in [2.24, 2.45) is 0 Å². The fraction of sp³-hybridized carbons (Fsp3) is 0.355. The summed E-state index contributed by atoms with van der Waals surface area (Å²) in [5.74, 6) is 0.730. The number of H-pyrrole nitrogens is 2. The fourth-order valence-electron chi connectivity index (χ4n) is 6.11. The number of likely N-dealkylation sites (tertiary alicyclic amines) is 1. The summed E-state index contributed by atoms with van der Waals surface area (Å²) in [5.41, 5.74) is 6.57. The van der Waals surface area contributed by atoms with Crippen molar-refractivity contribution in [1.29, 1.82) is 0 Å². The van der Waals surface area contributed by atoms with Gasteiger partial charge in [-0.05, 0) is 93.3 Å². The second-order valence-corrected chi connectivity index (χ2v) is 10.8. The number of aromatic amines is 2. The van der Waals surface area contributed by atoms with Crippen LogP contribution in [0.4, 0.5) is 4.39 Å². The highest BCUT2D eigenvalue weighted by Gasteiger charge is 2.20. The van der Waals surface area contributed by atoms with E-state index >= 15 is 0 Å². The minimum absolute atomic E-state index is 0.298. The fourth-order valence-corrected chi connectivity index (χ4v) is 6.11. The van der Waals surface area contributed by atoms with Crippen LogP contribution in [-0.4, -0.2) is 64.4 Å². The third kappa shape index (κ3) is 4.90. The molecule has 0 aliphatic carbocycles. The van der Waals surface area contributed by atoms with Gasteiger partial charge in [-0.3, -0.25) is 15.0 Å². The minimum Gasteiger partial charge on any atom is -0.492 e. The molecular weight excluding hydrogens is 491 g/mol. The summed E-state index contributed by atoms with van der Waals surface area (Å²) in [5, 5.41) is 13.3. The van der Waals surface area contributed by atoms with Crippen molar-refractivity contribution in [1.82, 2.24) is 30.4 Å². The van der Waals surface area contributed by atoms with Crippen molar-refractivity contribution in [3.05, 3.63) is 66.2 Å². The maximum atomic E-state index is 14.7. The first kappa shape index (κ1) is 24.3. The predicted molar refractivity (Wildman–Crippen MR) is 153 cm³/mol. The van der Waals surface area contributed by atoms with E-state index in [0.29, 0.717) is 18.3 Å². The van der Waals surface area contributed by atoms with Crippen LogP contribution in [0.25, 0.3) is 44.3 Å². The van der Waals surface area contributed by atoms with Crippen LogP contribution >= 0.6 is 0 Å². The number of piperidine rings is 1. The monoisotopic (exact) mass is 524 g/mol. The number of nitrogens with zero attached hydrogens (tertiary/aromatic N) is 3. The Morgan fingerprint density at radius 3 is 2.72 bits per heavy atom. The molecule has 0 radical (unpaired) electrons. The summed E-state index contributed by atoms with van der Waals surface area (Å²) < 4.78 is 20.7. The number of hydrogen-bond donors (Lipinski definition) is 3. The molecule has 5 heterocycles. The predicted octanol–water partition coefficient (Wildman–Crippen LogP) is 5.85. The van der Waals surface area contributed by atoms with E-state index in [1.54, 1.807) is 6.07 Å². The van der Waals surface area contributed by atoms with Gasteiger partial charge < -0.3 is 15.0 Å². The van der Waals surface area contributed by atoms with Gasteiger partial charge in [-0.15, -0.1) is 0 Å². The van der Waals surface area contributed by atoms with Crippen LogP contribution in [0.15, 0.2) is 54.7 Å². The standard InChI is InChI=1S/C31H33FN6O/c32-22-14-21(15-23(16-22)39-13-12-38-10-1-2-11-38)24-4-3-5-27-25(24)17-29(35-27)31-26-18-28(20-6-8-33-9-7-20)34-19-30(26)36-37-31/h3-5,14-20,33,35H,1-2,6-13H2,(H,36,37). The Morgan fingerprint density at radius 2 is 1.85 bits per heavy atom. The molecule has 2 aromatic carbocycles. The van der Waals surface area contributed by atoms with Gasteiger partial charge in [-0.25, -0.2) is 4.39 Å². The number of nitrogens with one attached hydrogen (secondary N) is 3. The molecular formula is C31H33FN6O. The SMILES string of the molecule is Fc1cc(OCCN2CCCC2)cc(-c2cccc3[nH]c(-c4n[nH]c5cnc(C6CCNCC6)cc45)cc23)c1. The van der Waals surface area contributed by atoms with Crippen LogP contribution in [0, 0.1) is 5.82 Å². The highest BCUT2D eigenvalue weighted by Crippen LogP contribution is 2.36. The molecule has 3 N–H and O–H groups in total. The lowest BCUT2D eigenvalue weighted by Gasteiger charge is -2.22. The molecule has 5 aromatic rings. The van der Waals surface area contributed by atoms with E-state index in [9.17, 15) is 4.39 Å². The third-order valence-corrected chi connectivity index (χ3v) is 8.20. The van der Waals surface area contributed by atoms with Gasteiger partial charge in [-0.2, -0.15) is 5.10 Å². The molecule has 2 saturated heterocycles. The Labute approximate surface area is 226 Å². The largest absolute Gasteiger partial charge is 0.492 e. The van der Waals surface area contributed by atoms with Crippen LogP contribution < -0.4 is 10.1 Å². The van der Waals surface area contributed by atoms with Gasteiger partial charge in [-0.1, -0.05) is 12.1 Å². The second-order valence-electron chi connectivity index (χ2n) is 10.8. The minimum atomic E-state index is -0.298. The van der Waals surface area contributed by atoms with Crippen LogP contribution in [0.2, 0.25) is 0 Å². The van der Waals surface area contributed by atoms with Gasteiger partial charge in [0.1, 0.15) is 23.9 Å². The quantitative estimate of drug-likeness (QED) is 0.249. The Hall–Kier alpha value is -3.75. The first-order chi connectivity index (χ1) is 19.2. The Kier molecular flexibility index (Phi) is 6.50. The molecule has 0 atom stereocenters. The number of hydrogen-bond acceptors (Lipinski definition) is 5. The lowest BCUT2D eigenvalue weighted by atomic mass is 9.93. The van der Waals surface area contributed by atoms with Gasteiger partial charge in [0.05, 0.1) is 17.4 Å². The average molecular weight is 525 g/mol. The first-order valence-electron chi connectivity index (χ1n) is 14.0. The number of ether oxygens (including phenoxy) is 1. The zero-order chi connectivity index (χ0) is 26.2. The molecule has 0 amide bonds. The molecule has 0 unspecified atom stereocenters. The molecule has 8 heteroatoms. The molecule has 39 heavy (non-hydrogen) atoms. The highest BCUT2D eigenvalue weighted by atomic mass is 19.1. The molecule has 0 spiro atoms. The summed E-state index contributed by atoms with van der Waals surface area (Å²) in [6.45, 7) is 5.72. The number of halogens is 1. The van der Waals surface area contributed by atoms with Gasteiger partial charge >= 0.3 is 0 Å². The van der Waals surface area contributed by atoms with Gasteiger partial charge in [0.2, 0.25) is 0 Å². The lowest BCUT2D eigenvalue weighted by molar-refractivity contribution is 0.237. The average Bonchev–Trinajstić information content (AvgIpc) is 3.72. The Morgan fingerprint density at radius 1 is 0.974 bits per heavy atom. The van der Waals surface area contributed by atoms with E-state index in [1.807, 2.05) is 30.5 Å². The number of rotatable bonds is 7. The zero-order valence-corrected chi connectivity index (χ0v) is 22.0. The molecule has 200 valence electrons. The van der Waals surface area contributed by atoms with Crippen molar-refractivity contribution >= 4 is 21.8 Å². The van der Waals surface area contributed by atoms with Crippen molar-refractivity contribution in [3.8, 4) is 28.3 Å². The Balaban J connectivity index is 1.20. The molecule has 0 bridgehead atoms. The van der Waals surface area contributed by atoms with Gasteiger partial charge in [0.15, 0.2) is 0 Å². The van der Waals surface area contributed by atoms with Crippen LogP contribution in [0.5, 0.6) is 5.75 Å². The van der Waals surface area contributed by atoms with Crippen molar-refractivity contribution in [2.75, 3.05) is 39.3 Å². The van der Waals surface area contributed by atoms with Crippen LogP contribution in [0.1, 0.15) is 37.3 Å². The summed E-state index contributed by atoms with van der Waals surface area (Å²) in [4.78, 5) is 10.7. The third-order valence-electron chi connectivity index (χ3n) is 8.20. The molecule has 3 aromatic heterocycles. The summed E-state index contributed by atoms with van der Waals surface area (Å²) in [6.07, 6.45) is 6.58. The van der Waals surface area contributed by atoms with Gasteiger partial charge in [0, 0.05) is 40.5 Å². The smallest absolute Gasteiger partial charge is 0.127 e. The van der Waals surface area contributed by atoms with Crippen molar-refractivity contribution in [2.45, 2.75) is 31.6 Å². The number of benzene rings is 2. The first-order valence-corrected chi connectivity index (χ1v) is 14.0. The van der Waals surface area contributed by atoms with E-state index in [2.05, 4.69) is 37.5 Å². The second kappa shape index (κ2) is 10.4. The van der Waals surface area contributed by atoms with E-state index in [-0.39, 0.29) is 5.82 Å². The maximum Gasteiger partial charge on any atom is 0.127 e. The number of aromatic nitrogens is 4. The molecule has 2 aliphatic heterocycles. The van der Waals surface area contributed by atoms with E-state index in [4.69, 9.17) is 9.72 Å². The topological polar surface area (TPSA) is 81.9 Å². The van der Waals surface area contributed by atoms with Crippen LogP contribution in [-0.2, 0) is 0 Å². The molecule has 7 nitrogen and oxygen atoms in total. The van der Waals surface area contributed by atoms with Crippen LogP contribution in [0.3, 0.4) is 0 Å². The molecule has 2 aliphatic rings. The molecule has 7 rings (SSSR count). The van der Waals surface area contributed by atoms with E-state index < -0.39 is 0 Å². The number of fused-ring (bicyclic) bond motifs is 2. The highest BCUT2D eigenvalue weighted by molar-refractivity contribution is 6.01. The summed E-state index contributed by atoms with van der Waals surface area (Å²) >= 11 is 0. The van der Waals surface area contributed by atoms with Crippen molar-refractivity contribution in [3.63, 3.8) is 0 Å². The molecule has 2 fully saturated rings. The summed E-state index contributed by atoms with van der Waals surface area (Å²) in [7, 11) is 0. The summed E-state index contributed by atoms with van der Waals surface area (Å²) in [6, 6.07) is 15.4. The van der Waals surface area contributed by atoms with Crippen molar-refractivity contribution < 1.29 is 9.13 Å². The normalized spacial score (nSPS) is 16.9.